The molecule has 0 saturated carbocycles. The van der Waals surface area contributed by atoms with Gasteiger partial charge in [0.15, 0.2) is 5.82 Å². The predicted octanol–water partition coefficient (Wildman–Crippen LogP) is 5.48. The van der Waals surface area contributed by atoms with Gasteiger partial charge in [-0.1, -0.05) is 36.2 Å². The summed E-state index contributed by atoms with van der Waals surface area (Å²) in [5.74, 6) is -0.523. The molecule has 1 aromatic heterocycles. The van der Waals surface area contributed by atoms with Crippen LogP contribution in [-0.4, -0.2) is 17.4 Å². The van der Waals surface area contributed by atoms with Crippen molar-refractivity contribution in [2.75, 3.05) is 5.32 Å². The van der Waals surface area contributed by atoms with Gasteiger partial charge in [0.2, 0.25) is 0 Å². The van der Waals surface area contributed by atoms with Crippen LogP contribution in [0.1, 0.15) is 32.8 Å². The molecule has 0 spiro atoms. The topological polar surface area (TPSA) is 29.9 Å². The Bertz CT molecular complexity index is 1000. The van der Waals surface area contributed by atoms with Crippen LogP contribution in [0.25, 0.3) is 11.0 Å². The fourth-order valence-electron chi connectivity index (χ4n) is 3.31. The van der Waals surface area contributed by atoms with Crippen LogP contribution in [-0.2, 0) is 5.44 Å². The second-order valence-electron chi connectivity index (χ2n) is 7.58. The van der Waals surface area contributed by atoms with Gasteiger partial charge >= 0.3 is 0 Å². The zero-order valence-electron chi connectivity index (χ0n) is 16.2. The Morgan fingerprint density at radius 1 is 1.33 bits per heavy atom. The number of benzene rings is 2. The maximum atomic E-state index is 15.2. The Morgan fingerprint density at radius 3 is 2.67 bits per heavy atom. The van der Waals surface area contributed by atoms with E-state index >= 15 is 4.39 Å². The summed E-state index contributed by atoms with van der Waals surface area (Å²) in [6.45, 7) is 8.28. The molecular weight excluding hydrogens is 411 g/mol. The van der Waals surface area contributed by atoms with Gasteiger partial charge in [-0.15, -0.1) is 0 Å². The summed E-state index contributed by atoms with van der Waals surface area (Å²) in [6.07, 6.45) is 2.71. The molecule has 0 aliphatic heterocycles. The summed E-state index contributed by atoms with van der Waals surface area (Å²) in [7, 11) is 2.14. The molecule has 7 heteroatoms. The van der Waals surface area contributed by atoms with Crippen molar-refractivity contribution in [2.24, 2.45) is 5.92 Å². The zero-order chi connectivity index (χ0) is 19.9. The predicted molar refractivity (Wildman–Crippen MR) is 113 cm³/mol. The van der Waals surface area contributed by atoms with Gasteiger partial charge < -0.3 is 9.88 Å². The fourth-order valence-corrected chi connectivity index (χ4v) is 3.64. The van der Waals surface area contributed by atoms with Gasteiger partial charge in [0.1, 0.15) is 19.2 Å². The van der Waals surface area contributed by atoms with Crippen LogP contribution in [0.5, 0.6) is 0 Å². The first-order chi connectivity index (χ1) is 12.7. The SMILES string of the molecule is BC(C)(C(C)CC)n1cnc2c(F)c(Nc3ccc(Br)cc3F)c(C)cc21. The molecule has 1 N–H and O–H groups in total. The van der Waals surface area contributed by atoms with Crippen molar-refractivity contribution in [3.8, 4) is 0 Å². The molecule has 3 aromatic rings. The Labute approximate surface area is 167 Å². The minimum Gasteiger partial charge on any atom is -0.350 e. The van der Waals surface area contributed by atoms with Crippen molar-refractivity contribution in [3.63, 3.8) is 0 Å². The van der Waals surface area contributed by atoms with Gasteiger partial charge in [0, 0.05) is 9.91 Å². The first kappa shape index (κ1) is 19.9. The highest BCUT2D eigenvalue weighted by Crippen LogP contribution is 2.35. The number of nitrogens with one attached hydrogen (secondary N) is 1. The molecule has 2 aromatic carbocycles. The van der Waals surface area contributed by atoms with E-state index in [1.165, 1.54) is 6.07 Å². The maximum Gasteiger partial charge on any atom is 0.174 e. The maximum absolute atomic E-state index is 15.2. The van der Waals surface area contributed by atoms with Crippen LogP contribution in [0.15, 0.2) is 35.1 Å². The normalized spacial score (nSPS) is 14.9. The van der Waals surface area contributed by atoms with Gasteiger partial charge in [0.25, 0.3) is 0 Å². The summed E-state index contributed by atoms with van der Waals surface area (Å²) in [5, 5.41) is 2.89. The van der Waals surface area contributed by atoms with E-state index in [1.807, 2.05) is 17.6 Å². The summed E-state index contributed by atoms with van der Waals surface area (Å²) in [5.41, 5.74) is 2.00. The monoisotopic (exact) mass is 433 g/mol. The number of halogens is 3. The molecule has 1 heterocycles. The van der Waals surface area contributed by atoms with Crippen LogP contribution < -0.4 is 5.32 Å². The Balaban J connectivity index is 2.10. The van der Waals surface area contributed by atoms with Crippen molar-refractivity contribution < 1.29 is 8.78 Å². The number of hydrogen-bond donors (Lipinski definition) is 1. The highest BCUT2D eigenvalue weighted by Gasteiger charge is 2.29. The van der Waals surface area contributed by atoms with Crippen LogP contribution in [0.3, 0.4) is 0 Å². The second kappa shape index (κ2) is 7.26. The van der Waals surface area contributed by atoms with E-state index in [2.05, 4.69) is 54.8 Å². The molecule has 0 radical (unpaired) electrons. The van der Waals surface area contributed by atoms with Gasteiger partial charge in [0.05, 0.1) is 23.2 Å². The molecule has 0 aliphatic rings. The number of imidazole rings is 1. The van der Waals surface area contributed by atoms with Crippen molar-refractivity contribution in [2.45, 2.75) is 39.6 Å². The molecule has 0 saturated heterocycles. The minimum absolute atomic E-state index is 0.199. The molecular formula is C20H23BBrF2N3. The minimum atomic E-state index is -0.467. The number of nitrogens with zero attached hydrogens (tertiary/aromatic N) is 2. The molecule has 0 fully saturated rings. The quantitative estimate of drug-likeness (QED) is 0.539. The van der Waals surface area contributed by atoms with Gasteiger partial charge in [-0.25, -0.2) is 13.8 Å². The van der Waals surface area contributed by atoms with Crippen LogP contribution >= 0.6 is 15.9 Å². The van der Waals surface area contributed by atoms with Crippen molar-refractivity contribution in [1.29, 1.82) is 0 Å². The van der Waals surface area contributed by atoms with E-state index in [4.69, 9.17) is 0 Å². The molecule has 0 amide bonds. The third kappa shape index (κ3) is 3.49. The lowest BCUT2D eigenvalue weighted by atomic mass is 9.69. The van der Waals surface area contributed by atoms with Gasteiger partial charge in [-0.05, 0) is 49.6 Å². The average molecular weight is 434 g/mol. The smallest absolute Gasteiger partial charge is 0.174 e. The highest BCUT2D eigenvalue weighted by atomic mass is 79.9. The summed E-state index contributed by atoms with van der Waals surface area (Å²) in [4.78, 5) is 4.33. The fraction of sp³-hybridized carbons (Fsp3) is 0.350. The van der Waals surface area contributed by atoms with Crippen molar-refractivity contribution >= 4 is 46.2 Å². The van der Waals surface area contributed by atoms with E-state index < -0.39 is 11.6 Å². The van der Waals surface area contributed by atoms with Crippen molar-refractivity contribution in [3.05, 3.63) is 52.3 Å². The first-order valence-electron chi connectivity index (χ1n) is 9.05. The number of aryl methyl sites for hydroxylation is 1. The number of rotatable bonds is 5. The molecule has 3 nitrogen and oxygen atoms in total. The molecule has 3 rings (SSSR count). The van der Waals surface area contributed by atoms with E-state index in [1.54, 1.807) is 18.5 Å². The average Bonchev–Trinajstić information content (AvgIpc) is 3.04. The Hall–Kier alpha value is -1.89. The summed E-state index contributed by atoms with van der Waals surface area (Å²) >= 11 is 3.23. The largest absolute Gasteiger partial charge is 0.350 e. The molecule has 2 atom stereocenters. The van der Waals surface area contributed by atoms with E-state index in [0.29, 0.717) is 16.0 Å². The van der Waals surface area contributed by atoms with Crippen LogP contribution in [0.4, 0.5) is 20.2 Å². The number of aromatic nitrogens is 2. The van der Waals surface area contributed by atoms with Gasteiger partial charge in [-0.2, -0.15) is 0 Å². The van der Waals surface area contributed by atoms with E-state index in [0.717, 1.165) is 11.9 Å². The Morgan fingerprint density at radius 2 is 2.04 bits per heavy atom. The zero-order valence-corrected chi connectivity index (χ0v) is 17.8. The molecule has 0 aliphatic carbocycles. The van der Waals surface area contributed by atoms with E-state index in [-0.39, 0.29) is 22.3 Å². The molecule has 0 bridgehead atoms. The third-order valence-corrected chi connectivity index (χ3v) is 6.10. The lowest BCUT2D eigenvalue weighted by molar-refractivity contribution is 0.320. The summed E-state index contributed by atoms with van der Waals surface area (Å²) < 4.78 is 32.1. The Kier molecular flexibility index (Phi) is 5.34. The lowest BCUT2D eigenvalue weighted by Crippen LogP contribution is -2.36. The number of hydrogen-bond acceptors (Lipinski definition) is 2. The highest BCUT2D eigenvalue weighted by molar-refractivity contribution is 9.10. The molecule has 2 unspecified atom stereocenters. The molecule has 142 valence electrons. The number of anilines is 2. The van der Waals surface area contributed by atoms with Gasteiger partial charge in [-0.3, -0.25) is 0 Å². The van der Waals surface area contributed by atoms with Crippen LogP contribution in [0, 0.1) is 24.5 Å². The van der Waals surface area contributed by atoms with Crippen molar-refractivity contribution in [1.82, 2.24) is 9.55 Å². The summed E-state index contributed by atoms with van der Waals surface area (Å²) in [6, 6.07) is 6.54. The van der Waals surface area contributed by atoms with Crippen LogP contribution in [0.2, 0.25) is 0 Å². The lowest BCUT2D eigenvalue weighted by Gasteiger charge is -2.34. The first-order valence-corrected chi connectivity index (χ1v) is 9.84. The van der Waals surface area contributed by atoms with E-state index in [9.17, 15) is 4.39 Å². The molecule has 27 heavy (non-hydrogen) atoms. The third-order valence-electron chi connectivity index (χ3n) is 5.61. The standard InChI is InChI=1S/C20H23BBrF2N3/c1-5-12(3)20(4,21)27-10-25-19-16(27)8-11(2)18(17(19)24)26-15-7-6-13(22)9-14(15)23/h6-10,12,26H,5,21H2,1-4H3. The second-order valence-corrected chi connectivity index (χ2v) is 8.49. The number of fused-ring (bicyclic) bond motifs is 1.